The molecular weight excluding hydrogens is 277 g/mol. The van der Waals surface area contributed by atoms with Crippen LogP contribution in [0.25, 0.3) is 0 Å². The van der Waals surface area contributed by atoms with E-state index in [1.807, 2.05) is 6.92 Å². The number of rotatable bonds is 8. The minimum absolute atomic E-state index is 0.214. The number of benzene rings is 1. The lowest BCUT2D eigenvalue weighted by molar-refractivity contribution is -0.150. The minimum atomic E-state index is -0.640. The average Bonchev–Trinajstić information content (AvgIpc) is 2.45. The van der Waals surface area contributed by atoms with Crippen molar-refractivity contribution < 1.29 is 13.9 Å². The first kappa shape index (κ1) is 17.0. The summed E-state index contributed by atoms with van der Waals surface area (Å²) in [6.07, 6.45) is 1.58. The Morgan fingerprint density at radius 3 is 2.60 bits per heavy atom. The molecule has 20 heavy (non-hydrogen) atoms. The molecule has 0 saturated carbocycles. The maximum Gasteiger partial charge on any atom is 0.326 e. The van der Waals surface area contributed by atoms with Crippen LogP contribution in [0.4, 0.5) is 4.39 Å². The van der Waals surface area contributed by atoms with Gasteiger partial charge < -0.3 is 10.1 Å². The third-order valence-electron chi connectivity index (χ3n) is 3.18. The number of esters is 1. The molecular formula is C15H22FNO2S. The Kier molecular flexibility index (Phi) is 7.02. The van der Waals surface area contributed by atoms with Gasteiger partial charge >= 0.3 is 5.97 Å². The maximum absolute atomic E-state index is 12.8. The lowest BCUT2D eigenvalue weighted by atomic mass is 9.97. The zero-order chi connectivity index (χ0) is 15.0. The number of carbonyl (C=O) groups excluding carboxylic acids is 1. The zero-order valence-electron chi connectivity index (χ0n) is 12.2. The van der Waals surface area contributed by atoms with Crippen LogP contribution in [-0.4, -0.2) is 30.9 Å². The predicted octanol–water partition coefficient (Wildman–Crippen LogP) is 3.24. The summed E-state index contributed by atoms with van der Waals surface area (Å²) in [5, 5.41) is 3.04. The van der Waals surface area contributed by atoms with E-state index in [4.69, 9.17) is 4.74 Å². The molecule has 0 amide bonds. The molecule has 0 aliphatic rings. The second-order valence-corrected chi connectivity index (χ2v) is 5.88. The van der Waals surface area contributed by atoms with Gasteiger partial charge in [-0.05, 0) is 63.8 Å². The van der Waals surface area contributed by atoms with Crippen LogP contribution in [0.15, 0.2) is 29.2 Å². The van der Waals surface area contributed by atoms with E-state index < -0.39 is 5.54 Å². The second-order valence-electron chi connectivity index (χ2n) is 4.71. The number of nitrogens with one attached hydrogen (secondary N) is 1. The van der Waals surface area contributed by atoms with Gasteiger partial charge in [0.05, 0.1) is 6.61 Å². The van der Waals surface area contributed by atoms with Crippen LogP contribution in [0, 0.1) is 5.82 Å². The molecule has 1 aromatic carbocycles. The van der Waals surface area contributed by atoms with Crippen molar-refractivity contribution in [3.8, 4) is 0 Å². The summed E-state index contributed by atoms with van der Waals surface area (Å²) in [5.74, 6) is 0.441. The number of carbonyl (C=O) groups is 1. The summed E-state index contributed by atoms with van der Waals surface area (Å²) in [7, 11) is 1.77. The number of halogens is 1. The molecule has 1 atom stereocenters. The molecule has 0 heterocycles. The summed E-state index contributed by atoms with van der Waals surface area (Å²) >= 11 is 1.66. The van der Waals surface area contributed by atoms with Crippen molar-refractivity contribution in [2.24, 2.45) is 0 Å². The van der Waals surface area contributed by atoms with E-state index in [2.05, 4.69) is 5.32 Å². The molecule has 0 bridgehead atoms. The number of hydrogen-bond donors (Lipinski definition) is 1. The van der Waals surface area contributed by atoms with Gasteiger partial charge in [-0.25, -0.2) is 4.39 Å². The zero-order valence-corrected chi connectivity index (χ0v) is 13.1. The van der Waals surface area contributed by atoms with E-state index in [1.165, 1.54) is 12.1 Å². The van der Waals surface area contributed by atoms with E-state index in [9.17, 15) is 9.18 Å². The van der Waals surface area contributed by atoms with Gasteiger partial charge in [-0.3, -0.25) is 4.79 Å². The fourth-order valence-corrected chi connectivity index (χ4v) is 2.62. The first-order chi connectivity index (χ1) is 9.51. The third kappa shape index (κ3) is 5.13. The average molecular weight is 299 g/mol. The van der Waals surface area contributed by atoms with Crippen LogP contribution >= 0.6 is 11.8 Å². The molecule has 1 unspecified atom stereocenters. The van der Waals surface area contributed by atoms with E-state index in [0.717, 1.165) is 17.1 Å². The number of ether oxygens (including phenoxy) is 1. The molecule has 5 heteroatoms. The summed E-state index contributed by atoms with van der Waals surface area (Å²) in [5.41, 5.74) is -0.640. The van der Waals surface area contributed by atoms with Crippen molar-refractivity contribution in [1.82, 2.24) is 5.32 Å². The topological polar surface area (TPSA) is 38.3 Å². The molecule has 3 nitrogen and oxygen atoms in total. The van der Waals surface area contributed by atoms with Gasteiger partial charge in [-0.2, -0.15) is 0 Å². The molecule has 0 fully saturated rings. The fourth-order valence-electron chi connectivity index (χ4n) is 1.77. The highest BCUT2D eigenvalue weighted by atomic mass is 32.2. The predicted molar refractivity (Wildman–Crippen MR) is 80.5 cm³/mol. The van der Waals surface area contributed by atoms with Crippen LogP contribution in [-0.2, 0) is 9.53 Å². The molecule has 0 spiro atoms. The SMILES string of the molecule is CCOC(=O)C(C)(CCCSc1ccc(F)cc1)NC. The van der Waals surface area contributed by atoms with Crippen LogP contribution in [0.5, 0.6) is 0 Å². The van der Waals surface area contributed by atoms with Crippen molar-refractivity contribution in [3.05, 3.63) is 30.1 Å². The Hall–Kier alpha value is -1.07. The van der Waals surface area contributed by atoms with Crippen LogP contribution in [0.3, 0.4) is 0 Å². The van der Waals surface area contributed by atoms with Crippen LogP contribution in [0.2, 0.25) is 0 Å². The largest absolute Gasteiger partial charge is 0.465 e. The summed E-state index contributed by atoms with van der Waals surface area (Å²) in [6, 6.07) is 6.45. The number of hydrogen-bond acceptors (Lipinski definition) is 4. The highest BCUT2D eigenvalue weighted by Crippen LogP contribution is 2.22. The van der Waals surface area contributed by atoms with E-state index in [1.54, 1.807) is 37.9 Å². The molecule has 1 rings (SSSR count). The van der Waals surface area contributed by atoms with Crippen molar-refractivity contribution in [2.45, 2.75) is 37.1 Å². The normalized spacial score (nSPS) is 13.8. The lowest BCUT2D eigenvalue weighted by Gasteiger charge is -2.26. The van der Waals surface area contributed by atoms with Crippen LogP contribution < -0.4 is 5.32 Å². The Labute approximate surface area is 124 Å². The highest BCUT2D eigenvalue weighted by molar-refractivity contribution is 7.99. The monoisotopic (exact) mass is 299 g/mol. The Bertz CT molecular complexity index is 424. The first-order valence-electron chi connectivity index (χ1n) is 6.76. The van der Waals surface area contributed by atoms with Gasteiger partial charge in [0.1, 0.15) is 11.4 Å². The molecule has 1 N–H and O–H groups in total. The summed E-state index contributed by atoms with van der Waals surface area (Å²) in [6.45, 7) is 4.05. The molecule has 0 aliphatic carbocycles. The van der Waals surface area contributed by atoms with E-state index >= 15 is 0 Å². The van der Waals surface area contributed by atoms with E-state index in [-0.39, 0.29) is 11.8 Å². The number of likely N-dealkylation sites (N-methyl/N-ethyl adjacent to an activating group) is 1. The first-order valence-corrected chi connectivity index (χ1v) is 7.75. The third-order valence-corrected chi connectivity index (χ3v) is 4.28. The van der Waals surface area contributed by atoms with Crippen molar-refractivity contribution in [3.63, 3.8) is 0 Å². The van der Waals surface area contributed by atoms with E-state index in [0.29, 0.717) is 13.0 Å². The minimum Gasteiger partial charge on any atom is -0.465 e. The number of thioether (sulfide) groups is 1. The quantitative estimate of drug-likeness (QED) is 0.454. The molecule has 0 aromatic heterocycles. The van der Waals surface area contributed by atoms with Gasteiger partial charge in [0.25, 0.3) is 0 Å². The lowest BCUT2D eigenvalue weighted by Crippen LogP contribution is -2.48. The molecule has 0 radical (unpaired) electrons. The van der Waals surface area contributed by atoms with Gasteiger partial charge in [0.15, 0.2) is 0 Å². The standard InChI is InChI=1S/C15H22FNO2S/c1-4-19-14(18)15(2,17-3)10-5-11-20-13-8-6-12(16)7-9-13/h6-9,17H,4-5,10-11H2,1-3H3. The Balaban J connectivity index is 2.38. The fraction of sp³-hybridized carbons (Fsp3) is 0.533. The maximum atomic E-state index is 12.8. The van der Waals surface area contributed by atoms with Gasteiger partial charge in [0.2, 0.25) is 0 Å². The summed E-state index contributed by atoms with van der Waals surface area (Å²) in [4.78, 5) is 12.9. The highest BCUT2D eigenvalue weighted by Gasteiger charge is 2.32. The van der Waals surface area contributed by atoms with Crippen molar-refractivity contribution in [2.75, 3.05) is 19.4 Å². The Morgan fingerprint density at radius 1 is 1.40 bits per heavy atom. The molecule has 1 aromatic rings. The van der Waals surface area contributed by atoms with Crippen LogP contribution in [0.1, 0.15) is 26.7 Å². The van der Waals surface area contributed by atoms with Crippen molar-refractivity contribution in [1.29, 1.82) is 0 Å². The smallest absolute Gasteiger partial charge is 0.326 e. The van der Waals surface area contributed by atoms with Crippen molar-refractivity contribution >= 4 is 17.7 Å². The van der Waals surface area contributed by atoms with Gasteiger partial charge in [-0.1, -0.05) is 0 Å². The van der Waals surface area contributed by atoms with Gasteiger partial charge in [0, 0.05) is 4.90 Å². The molecule has 0 saturated heterocycles. The molecule has 112 valence electrons. The molecule has 0 aliphatic heterocycles. The van der Waals surface area contributed by atoms with Gasteiger partial charge in [-0.15, -0.1) is 11.8 Å². The Morgan fingerprint density at radius 2 is 2.05 bits per heavy atom. The second kappa shape index (κ2) is 8.27. The summed E-state index contributed by atoms with van der Waals surface area (Å²) < 4.78 is 17.8.